The third-order valence-electron chi connectivity index (χ3n) is 5.01. The molecular formula is C22H25N3O5S. The predicted octanol–water partition coefficient (Wildman–Crippen LogP) is 2.17. The first kappa shape index (κ1) is 22.5. The van der Waals surface area contributed by atoms with Gasteiger partial charge < -0.3 is 5.32 Å². The lowest BCUT2D eigenvalue weighted by Crippen LogP contribution is -2.33. The number of nitrogens with one attached hydrogen (secondary N) is 1. The van der Waals surface area contributed by atoms with Gasteiger partial charge in [0, 0.05) is 38.0 Å². The van der Waals surface area contributed by atoms with Crippen LogP contribution >= 0.6 is 0 Å². The number of hydrogen-bond acceptors (Lipinski definition) is 5. The van der Waals surface area contributed by atoms with Crippen LogP contribution in [0.3, 0.4) is 0 Å². The van der Waals surface area contributed by atoms with Gasteiger partial charge in [0.25, 0.3) is 15.9 Å². The molecule has 0 unspecified atom stereocenters. The first-order valence-corrected chi connectivity index (χ1v) is 11.6. The second-order valence-electron chi connectivity index (χ2n) is 7.08. The quantitative estimate of drug-likeness (QED) is 0.473. The summed E-state index contributed by atoms with van der Waals surface area (Å²) < 4.78 is 27.6. The number of carbonyl (C=O) groups excluding carboxylic acids is 3. The molecule has 2 aromatic carbocycles. The largest absolute Gasteiger partial charge is 0.352 e. The molecule has 0 aromatic heterocycles. The van der Waals surface area contributed by atoms with Crippen LogP contribution in [-0.2, 0) is 19.6 Å². The number of nitrogens with zero attached hydrogens (tertiary/aromatic N) is 2. The van der Waals surface area contributed by atoms with Gasteiger partial charge in [0.2, 0.25) is 11.8 Å². The molecule has 0 spiro atoms. The summed E-state index contributed by atoms with van der Waals surface area (Å²) in [5.74, 6) is -0.792. The van der Waals surface area contributed by atoms with Gasteiger partial charge in [-0.2, -0.15) is 0 Å². The number of imide groups is 1. The molecule has 3 rings (SSSR count). The number of sulfonamides is 1. The Morgan fingerprint density at radius 2 is 1.71 bits per heavy atom. The molecule has 0 saturated carbocycles. The number of anilines is 1. The van der Waals surface area contributed by atoms with E-state index in [2.05, 4.69) is 5.32 Å². The Morgan fingerprint density at radius 1 is 1.03 bits per heavy atom. The SMILES string of the molecule is CCN(c1ccccc1)S(=O)(=O)c1cccc(C(=O)NCCCN2C(=O)CCC2=O)c1. The fraction of sp³-hybridized carbons (Fsp3) is 0.318. The zero-order chi connectivity index (χ0) is 22.4. The molecule has 1 aliphatic heterocycles. The van der Waals surface area contributed by atoms with E-state index in [1.165, 1.54) is 27.4 Å². The molecule has 9 heteroatoms. The minimum Gasteiger partial charge on any atom is -0.352 e. The lowest BCUT2D eigenvalue weighted by atomic mass is 10.2. The van der Waals surface area contributed by atoms with Gasteiger partial charge >= 0.3 is 0 Å². The van der Waals surface area contributed by atoms with Crippen molar-refractivity contribution >= 4 is 33.4 Å². The minimum absolute atomic E-state index is 0.0270. The van der Waals surface area contributed by atoms with Crippen LogP contribution in [0.5, 0.6) is 0 Å². The van der Waals surface area contributed by atoms with E-state index in [1.807, 2.05) is 6.07 Å². The zero-order valence-electron chi connectivity index (χ0n) is 17.3. The summed E-state index contributed by atoms with van der Waals surface area (Å²) in [5, 5.41) is 2.71. The maximum atomic E-state index is 13.1. The average Bonchev–Trinajstić information content (AvgIpc) is 3.09. The van der Waals surface area contributed by atoms with Gasteiger partial charge in [-0.3, -0.25) is 23.6 Å². The fourth-order valence-corrected chi connectivity index (χ4v) is 4.94. The number of para-hydroxylation sites is 1. The molecule has 1 aliphatic rings. The molecule has 1 heterocycles. The van der Waals surface area contributed by atoms with Crippen LogP contribution in [0.4, 0.5) is 5.69 Å². The molecule has 1 N–H and O–H groups in total. The Kier molecular flexibility index (Phi) is 7.06. The Morgan fingerprint density at radius 3 is 2.35 bits per heavy atom. The van der Waals surface area contributed by atoms with Crippen LogP contribution in [0.1, 0.15) is 36.5 Å². The van der Waals surface area contributed by atoms with Gasteiger partial charge in [-0.1, -0.05) is 24.3 Å². The number of rotatable bonds is 9. The molecule has 164 valence electrons. The highest BCUT2D eigenvalue weighted by molar-refractivity contribution is 7.92. The molecule has 1 fully saturated rings. The van der Waals surface area contributed by atoms with Crippen molar-refractivity contribution in [2.24, 2.45) is 0 Å². The van der Waals surface area contributed by atoms with Crippen LogP contribution < -0.4 is 9.62 Å². The molecule has 0 radical (unpaired) electrons. The molecule has 0 bridgehead atoms. The zero-order valence-corrected chi connectivity index (χ0v) is 18.1. The van der Waals surface area contributed by atoms with Crippen LogP contribution in [0.25, 0.3) is 0 Å². The predicted molar refractivity (Wildman–Crippen MR) is 116 cm³/mol. The third-order valence-corrected chi connectivity index (χ3v) is 6.91. The van der Waals surface area contributed by atoms with Crippen molar-refractivity contribution in [2.75, 3.05) is 23.9 Å². The van der Waals surface area contributed by atoms with Gasteiger partial charge in [-0.15, -0.1) is 0 Å². The number of benzene rings is 2. The molecule has 31 heavy (non-hydrogen) atoms. The molecule has 0 aliphatic carbocycles. The normalized spacial score (nSPS) is 14.0. The van der Waals surface area contributed by atoms with Crippen LogP contribution in [-0.4, -0.2) is 50.7 Å². The standard InChI is InChI=1S/C22H25N3O5S/c1-2-25(18-9-4-3-5-10-18)31(29,30)19-11-6-8-17(16-19)22(28)23-14-7-15-24-20(26)12-13-21(24)27/h3-6,8-11,16H,2,7,12-15H2,1H3,(H,23,28). The molecule has 8 nitrogen and oxygen atoms in total. The number of likely N-dealkylation sites (tertiary alicyclic amines) is 1. The van der Waals surface area contributed by atoms with Crippen molar-refractivity contribution in [3.05, 3.63) is 60.2 Å². The van der Waals surface area contributed by atoms with E-state index in [9.17, 15) is 22.8 Å². The van der Waals surface area contributed by atoms with E-state index in [0.717, 1.165) is 0 Å². The monoisotopic (exact) mass is 443 g/mol. The molecular weight excluding hydrogens is 418 g/mol. The summed E-state index contributed by atoms with van der Waals surface area (Å²) in [7, 11) is -3.84. The highest BCUT2D eigenvalue weighted by atomic mass is 32.2. The first-order chi connectivity index (χ1) is 14.8. The highest BCUT2D eigenvalue weighted by Crippen LogP contribution is 2.23. The second kappa shape index (κ2) is 9.74. The highest BCUT2D eigenvalue weighted by Gasteiger charge is 2.28. The lowest BCUT2D eigenvalue weighted by molar-refractivity contribution is -0.138. The Labute approximate surface area is 181 Å². The summed E-state index contributed by atoms with van der Waals surface area (Å²) in [6.07, 6.45) is 0.910. The van der Waals surface area contributed by atoms with E-state index in [4.69, 9.17) is 0 Å². The van der Waals surface area contributed by atoms with Gasteiger partial charge in [0.15, 0.2) is 0 Å². The van der Waals surface area contributed by atoms with Gasteiger partial charge in [0.1, 0.15) is 0 Å². The van der Waals surface area contributed by atoms with E-state index in [0.29, 0.717) is 12.1 Å². The van der Waals surface area contributed by atoms with Crippen LogP contribution in [0, 0.1) is 0 Å². The molecule has 1 saturated heterocycles. The van der Waals surface area contributed by atoms with Gasteiger partial charge in [-0.05, 0) is 43.7 Å². The summed E-state index contributed by atoms with van der Waals surface area (Å²) >= 11 is 0. The van der Waals surface area contributed by atoms with Crippen molar-refractivity contribution in [3.63, 3.8) is 0 Å². The molecule has 0 atom stereocenters. The number of amides is 3. The molecule has 3 amide bonds. The van der Waals surface area contributed by atoms with E-state index in [1.54, 1.807) is 37.3 Å². The average molecular weight is 444 g/mol. The summed E-state index contributed by atoms with van der Waals surface area (Å²) in [6, 6.07) is 14.7. The smallest absolute Gasteiger partial charge is 0.264 e. The summed E-state index contributed by atoms with van der Waals surface area (Å²) in [6.45, 7) is 2.51. The van der Waals surface area contributed by atoms with Gasteiger partial charge in [0.05, 0.1) is 10.6 Å². The lowest BCUT2D eigenvalue weighted by Gasteiger charge is -2.23. The Bertz CT molecular complexity index is 1050. The molecule has 2 aromatic rings. The number of carbonyl (C=O) groups is 3. The third kappa shape index (κ3) is 5.11. The van der Waals surface area contributed by atoms with Crippen molar-refractivity contribution in [1.29, 1.82) is 0 Å². The van der Waals surface area contributed by atoms with Gasteiger partial charge in [-0.25, -0.2) is 8.42 Å². The van der Waals surface area contributed by atoms with Crippen molar-refractivity contribution in [1.82, 2.24) is 10.2 Å². The number of hydrogen-bond donors (Lipinski definition) is 1. The fourth-order valence-electron chi connectivity index (χ4n) is 3.42. The Balaban J connectivity index is 1.65. The topological polar surface area (TPSA) is 104 Å². The van der Waals surface area contributed by atoms with E-state index < -0.39 is 15.9 Å². The first-order valence-electron chi connectivity index (χ1n) is 10.1. The maximum Gasteiger partial charge on any atom is 0.264 e. The van der Waals surface area contributed by atoms with E-state index in [-0.39, 0.29) is 54.7 Å². The summed E-state index contributed by atoms with van der Waals surface area (Å²) in [4.78, 5) is 36.9. The maximum absolute atomic E-state index is 13.1. The second-order valence-corrected chi connectivity index (χ2v) is 8.94. The Hall–Kier alpha value is -3.20. The van der Waals surface area contributed by atoms with Crippen LogP contribution in [0.15, 0.2) is 59.5 Å². The minimum atomic E-state index is -3.84. The summed E-state index contributed by atoms with van der Waals surface area (Å²) in [5.41, 5.74) is 0.768. The van der Waals surface area contributed by atoms with Crippen LogP contribution in [0.2, 0.25) is 0 Å². The van der Waals surface area contributed by atoms with E-state index >= 15 is 0 Å². The van der Waals surface area contributed by atoms with Crippen molar-refractivity contribution in [3.8, 4) is 0 Å². The van der Waals surface area contributed by atoms with Crippen molar-refractivity contribution in [2.45, 2.75) is 31.1 Å². The van der Waals surface area contributed by atoms with Crippen molar-refractivity contribution < 1.29 is 22.8 Å².